The van der Waals surface area contributed by atoms with Gasteiger partial charge in [0.25, 0.3) is 5.91 Å². The molecule has 0 saturated heterocycles. The maximum Gasteiger partial charge on any atom is 0.257 e. The molecule has 1 heterocycles. The zero-order chi connectivity index (χ0) is 19.4. The molecule has 0 spiro atoms. The number of nitrogens with zero attached hydrogens (tertiary/aromatic N) is 3. The van der Waals surface area contributed by atoms with E-state index in [2.05, 4.69) is 5.10 Å². The number of ether oxygens (including phenoxy) is 1. The Morgan fingerprint density at radius 1 is 1.26 bits per heavy atom. The Morgan fingerprint density at radius 2 is 1.96 bits per heavy atom. The number of likely N-dealkylation sites (N-methyl/N-ethyl adjacent to an activating group) is 1. The summed E-state index contributed by atoms with van der Waals surface area (Å²) in [5.41, 5.74) is 2.72. The van der Waals surface area contributed by atoms with Crippen LogP contribution in [0.4, 0.5) is 0 Å². The van der Waals surface area contributed by atoms with Gasteiger partial charge in [-0.1, -0.05) is 48.9 Å². The molecule has 142 valence electrons. The topological polar surface area (TPSA) is 45.1 Å². The molecule has 27 heavy (non-hydrogen) atoms. The van der Waals surface area contributed by atoms with Crippen LogP contribution in [-0.4, -0.2) is 48.8 Å². The van der Waals surface area contributed by atoms with E-state index in [4.69, 9.17) is 16.3 Å². The van der Waals surface area contributed by atoms with Crippen molar-refractivity contribution in [3.05, 3.63) is 64.7 Å². The number of hydrazone groups is 1. The van der Waals surface area contributed by atoms with Gasteiger partial charge in [0.1, 0.15) is 5.75 Å². The number of carbonyl (C=O) groups excluding carboxylic acids is 1. The summed E-state index contributed by atoms with van der Waals surface area (Å²) in [5, 5.41) is 6.91. The fraction of sp³-hybridized carbons (Fsp3) is 0.333. The average molecular weight is 386 g/mol. The molecule has 6 heteroatoms. The molecule has 1 aliphatic rings. The molecule has 1 unspecified atom stereocenters. The predicted molar refractivity (Wildman–Crippen MR) is 108 cm³/mol. The molecule has 2 aromatic rings. The Morgan fingerprint density at radius 3 is 2.59 bits per heavy atom. The average Bonchev–Trinajstić information content (AvgIpc) is 3.13. The summed E-state index contributed by atoms with van der Waals surface area (Å²) in [6, 6.07) is 15.2. The molecule has 2 aromatic carbocycles. The molecule has 3 rings (SSSR count). The van der Waals surface area contributed by atoms with Crippen LogP contribution < -0.4 is 4.74 Å². The predicted octanol–water partition coefficient (Wildman–Crippen LogP) is 3.98. The lowest BCUT2D eigenvalue weighted by Crippen LogP contribution is -2.36. The van der Waals surface area contributed by atoms with Crippen molar-refractivity contribution in [1.29, 1.82) is 0 Å². The first-order valence-electron chi connectivity index (χ1n) is 9.00. The van der Waals surface area contributed by atoms with Gasteiger partial charge in [-0.15, -0.1) is 0 Å². The normalized spacial score (nSPS) is 16.6. The molecule has 1 aliphatic heterocycles. The Hall–Kier alpha value is -2.37. The van der Waals surface area contributed by atoms with Crippen LogP contribution in [0.5, 0.6) is 5.75 Å². The van der Waals surface area contributed by atoms with Crippen LogP contribution in [0.2, 0.25) is 5.02 Å². The largest absolute Gasteiger partial charge is 0.497 e. The van der Waals surface area contributed by atoms with E-state index < -0.39 is 0 Å². The second kappa shape index (κ2) is 8.55. The van der Waals surface area contributed by atoms with Gasteiger partial charge in [-0.05, 0) is 37.4 Å². The lowest BCUT2D eigenvalue weighted by atomic mass is 9.98. The van der Waals surface area contributed by atoms with Gasteiger partial charge in [-0.25, -0.2) is 5.01 Å². The zero-order valence-electron chi connectivity index (χ0n) is 15.9. The van der Waals surface area contributed by atoms with Crippen molar-refractivity contribution in [3.8, 4) is 5.75 Å². The zero-order valence-corrected chi connectivity index (χ0v) is 16.6. The highest BCUT2D eigenvalue weighted by Gasteiger charge is 2.33. The molecule has 0 bridgehead atoms. The molecule has 0 aliphatic carbocycles. The third-order valence-electron chi connectivity index (χ3n) is 4.80. The van der Waals surface area contributed by atoms with E-state index in [-0.39, 0.29) is 11.9 Å². The standard InChI is InChI=1S/C21H24ClN3O2/c1-4-24(2)14-21(26)25-20(15-9-11-16(27-3)12-10-15)13-19(23-25)17-7-5-6-8-18(17)22/h5-12,20H,4,13-14H2,1-3H3. The number of hydrogen-bond donors (Lipinski definition) is 0. The van der Waals surface area contributed by atoms with E-state index in [0.29, 0.717) is 18.0 Å². The summed E-state index contributed by atoms with van der Waals surface area (Å²) in [4.78, 5) is 14.9. The lowest BCUT2D eigenvalue weighted by molar-refractivity contribution is -0.133. The highest BCUT2D eigenvalue weighted by molar-refractivity contribution is 6.34. The fourth-order valence-electron chi connectivity index (χ4n) is 3.10. The number of methoxy groups -OCH3 is 1. The smallest absolute Gasteiger partial charge is 0.257 e. The van der Waals surface area contributed by atoms with Crippen LogP contribution in [-0.2, 0) is 4.79 Å². The van der Waals surface area contributed by atoms with Gasteiger partial charge in [0, 0.05) is 17.0 Å². The van der Waals surface area contributed by atoms with Gasteiger partial charge >= 0.3 is 0 Å². The lowest BCUT2D eigenvalue weighted by Gasteiger charge is -2.24. The van der Waals surface area contributed by atoms with Crippen molar-refractivity contribution in [2.45, 2.75) is 19.4 Å². The van der Waals surface area contributed by atoms with E-state index in [1.165, 1.54) is 0 Å². The first-order chi connectivity index (χ1) is 13.0. The number of amides is 1. The molecule has 0 radical (unpaired) electrons. The quantitative estimate of drug-likeness (QED) is 0.755. The number of rotatable bonds is 6. The molecule has 0 saturated carbocycles. The van der Waals surface area contributed by atoms with E-state index in [9.17, 15) is 4.79 Å². The highest BCUT2D eigenvalue weighted by Crippen LogP contribution is 2.35. The van der Waals surface area contributed by atoms with Gasteiger partial charge in [0.05, 0.1) is 25.4 Å². The van der Waals surface area contributed by atoms with E-state index in [1.807, 2.05) is 67.4 Å². The van der Waals surface area contributed by atoms with Crippen LogP contribution in [0.25, 0.3) is 0 Å². The molecule has 0 aromatic heterocycles. The Labute approximate surface area is 165 Å². The first kappa shape index (κ1) is 19.4. The van der Waals surface area contributed by atoms with Crippen LogP contribution in [0.1, 0.15) is 30.5 Å². The second-order valence-electron chi connectivity index (χ2n) is 6.59. The van der Waals surface area contributed by atoms with Gasteiger partial charge in [0.15, 0.2) is 0 Å². The van der Waals surface area contributed by atoms with E-state index >= 15 is 0 Å². The van der Waals surface area contributed by atoms with E-state index in [0.717, 1.165) is 29.1 Å². The summed E-state index contributed by atoms with van der Waals surface area (Å²) in [5.74, 6) is 0.759. The Balaban J connectivity index is 1.93. The Bertz CT molecular complexity index is 836. The first-order valence-corrected chi connectivity index (χ1v) is 9.38. The van der Waals surface area contributed by atoms with Crippen molar-refractivity contribution in [3.63, 3.8) is 0 Å². The molecule has 0 fully saturated rings. The fourth-order valence-corrected chi connectivity index (χ4v) is 3.34. The summed E-state index contributed by atoms with van der Waals surface area (Å²) in [6.07, 6.45) is 0.623. The van der Waals surface area contributed by atoms with Crippen molar-refractivity contribution in [2.24, 2.45) is 5.10 Å². The summed E-state index contributed by atoms with van der Waals surface area (Å²) >= 11 is 6.36. The molecule has 1 atom stereocenters. The highest BCUT2D eigenvalue weighted by atomic mass is 35.5. The minimum absolute atomic E-state index is 0.0257. The number of halogens is 1. The van der Waals surface area contributed by atoms with Crippen LogP contribution in [0.3, 0.4) is 0 Å². The van der Waals surface area contributed by atoms with Crippen LogP contribution in [0.15, 0.2) is 53.6 Å². The summed E-state index contributed by atoms with van der Waals surface area (Å²) in [6.45, 7) is 3.15. The maximum absolute atomic E-state index is 12.9. The molecule has 5 nitrogen and oxygen atoms in total. The monoisotopic (exact) mass is 385 g/mol. The second-order valence-corrected chi connectivity index (χ2v) is 7.00. The number of carbonyl (C=O) groups is 1. The van der Waals surface area contributed by atoms with Crippen molar-refractivity contribution < 1.29 is 9.53 Å². The molecular formula is C21H24ClN3O2. The molecule has 1 amide bonds. The molecule has 0 N–H and O–H groups in total. The van der Waals surface area contributed by atoms with Gasteiger partial charge in [0.2, 0.25) is 0 Å². The van der Waals surface area contributed by atoms with Crippen LogP contribution >= 0.6 is 11.6 Å². The van der Waals surface area contributed by atoms with Crippen molar-refractivity contribution in [2.75, 3.05) is 27.2 Å². The van der Waals surface area contributed by atoms with Gasteiger partial charge < -0.3 is 4.74 Å². The summed E-state index contributed by atoms with van der Waals surface area (Å²) < 4.78 is 5.25. The van der Waals surface area contributed by atoms with Crippen molar-refractivity contribution in [1.82, 2.24) is 9.91 Å². The summed E-state index contributed by atoms with van der Waals surface area (Å²) in [7, 11) is 3.56. The molecular weight excluding hydrogens is 362 g/mol. The SMILES string of the molecule is CCN(C)CC(=O)N1N=C(c2ccccc2Cl)CC1c1ccc(OC)cc1. The minimum atomic E-state index is -0.153. The van der Waals surface area contributed by atoms with Crippen molar-refractivity contribution >= 4 is 23.2 Å². The minimum Gasteiger partial charge on any atom is -0.497 e. The maximum atomic E-state index is 12.9. The van der Waals surface area contributed by atoms with Crippen LogP contribution in [0, 0.1) is 0 Å². The van der Waals surface area contributed by atoms with E-state index in [1.54, 1.807) is 12.1 Å². The Kier molecular flexibility index (Phi) is 6.14. The number of benzene rings is 2. The van der Waals surface area contributed by atoms with Gasteiger partial charge in [-0.2, -0.15) is 5.10 Å². The third-order valence-corrected chi connectivity index (χ3v) is 5.13. The third kappa shape index (κ3) is 4.31. The number of hydrogen-bond acceptors (Lipinski definition) is 4. The van der Waals surface area contributed by atoms with Gasteiger partial charge in [-0.3, -0.25) is 9.69 Å².